The minimum Gasteiger partial charge on any atom is -0.365 e. The number of amides is 1. The Labute approximate surface area is 212 Å². The van der Waals surface area contributed by atoms with E-state index in [1.807, 2.05) is 13.0 Å². The molecule has 4 atom stereocenters. The van der Waals surface area contributed by atoms with E-state index < -0.39 is 0 Å². The lowest BCUT2D eigenvalue weighted by molar-refractivity contribution is -0.130. The van der Waals surface area contributed by atoms with Crippen molar-refractivity contribution in [2.75, 3.05) is 25.0 Å². The van der Waals surface area contributed by atoms with Crippen LogP contribution in [0.2, 0.25) is 0 Å². The number of halogens is 1. The highest BCUT2D eigenvalue weighted by Crippen LogP contribution is 2.45. The van der Waals surface area contributed by atoms with Crippen LogP contribution in [0.1, 0.15) is 62.5 Å². The van der Waals surface area contributed by atoms with Gasteiger partial charge in [0.25, 0.3) is 0 Å². The van der Waals surface area contributed by atoms with Crippen molar-refractivity contribution < 1.29 is 9.18 Å². The minimum atomic E-state index is -0.242. The summed E-state index contributed by atoms with van der Waals surface area (Å²) >= 11 is 0. The van der Waals surface area contributed by atoms with Gasteiger partial charge in [0.15, 0.2) is 5.82 Å². The number of para-hydroxylation sites is 1. The van der Waals surface area contributed by atoms with Gasteiger partial charge in [0.05, 0.1) is 17.5 Å². The molecule has 3 aliphatic heterocycles. The molecule has 0 spiro atoms. The third-order valence-corrected chi connectivity index (χ3v) is 8.65. The van der Waals surface area contributed by atoms with Crippen molar-refractivity contribution in [3.8, 4) is 0 Å². The first kappa shape index (κ1) is 23.5. The van der Waals surface area contributed by atoms with E-state index in [1.165, 1.54) is 30.2 Å². The fourth-order valence-corrected chi connectivity index (χ4v) is 6.92. The number of nitrogens with zero attached hydrogens (tertiary/aromatic N) is 4. The second kappa shape index (κ2) is 9.18. The summed E-state index contributed by atoms with van der Waals surface area (Å²) in [6, 6.07) is 15.4. The van der Waals surface area contributed by atoms with Crippen LogP contribution in [0.4, 0.5) is 10.1 Å². The van der Waals surface area contributed by atoms with Crippen LogP contribution in [-0.4, -0.2) is 52.6 Å². The molecule has 3 saturated heterocycles. The Balaban J connectivity index is 1.22. The average molecular weight is 490 g/mol. The van der Waals surface area contributed by atoms with Crippen LogP contribution in [0.5, 0.6) is 0 Å². The van der Waals surface area contributed by atoms with Crippen molar-refractivity contribution in [3.05, 3.63) is 59.7 Å². The molecule has 1 N–H and O–H groups in total. The van der Waals surface area contributed by atoms with Crippen LogP contribution in [0.15, 0.2) is 42.5 Å². The van der Waals surface area contributed by atoms with E-state index in [9.17, 15) is 9.18 Å². The predicted molar refractivity (Wildman–Crippen MR) is 141 cm³/mol. The highest BCUT2D eigenvalue weighted by molar-refractivity contribution is 5.80. The molecule has 0 aliphatic carbocycles. The molecule has 0 radical (unpaired) electrons. The molecule has 1 aromatic heterocycles. The monoisotopic (exact) mass is 489 g/mol. The maximum Gasteiger partial charge on any atom is 0.226 e. The summed E-state index contributed by atoms with van der Waals surface area (Å²) in [5, 5.41) is 3.30. The van der Waals surface area contributed by atoms with Crippen molar-refractivity contribution in [3.63, 3.8) is 0 Å². The number of aryl methyl sites for hydroxylation is 1. The Morgan fingerprint density at radius 2 is 1.83 bits per heavy atom. The van der Waals surface area contributed by atoms with Gasteiger partial charge in [-0.05, 0) is 75.9 Å². The number of rotatable bonds is 6. The van der Waals surface area contributed by atoms with E-state index in [1.54, 1.807) is 6.07 Å². The van der Waals surface area contributed by atoms with Crippen molar-refractivity contribution in [2.45, 2.75) is 70.1 Å². The standard InChI is InChI=1S/C29H36FN5O/c1-4-26(32-29(36)20-16-33(3)17-20)19-7-5-8-21(13-19)35-22-11-12-23(35)15-24(14-22)34-18(2)31-28-25(30)9-6-10-27(28)34/h5-10,13,20,22-24,26H,4,11-12,14-17H2,1-3H3,(H,32,36)/t22-,23+,24-,26-/m0/s1. The number of benzene rings is 2. The van der Waals surface area contributed by atoms with E-state index >= 15 is 0 Å². The molecule has 36 heavy (non-hydrogen) atoms. The fourth-order valence-electron chi connectivity index (χ4n) is 6.92. The maximum absolute atomic E-state index is 14.4. The number of anilines is 1. The van der Waals surface area contributed by atoms with Gasteiger partial charge >= 0.3 is 0 Å². The summed E-state index contributed by atoms with van der Waals surface area (Å²) < 4.78 is 16.7. The van der Waals surface area contributed by atoms with E-state index in [0.717, 1.165) is 43.7 Å². The van der Waals surface area contributed by atoms with Crippen LogP contribution in [0.25, 0.3) is 11.0 Å². The van der Waals surface area contributed by atoms with Gasteiger partial charge in [0.1, 0.15) is 11.3 Å². The number of carbonyl (C=O) groups is 1. The highest BCUT2D eigenvalue weighted by Gasteiger charge is 2.42. The van der Waals surface area contributed by atoms with Gasteiger partial charge in [-0.2, -0.15) is 0 Å². The van der Waals surface area contributed by atoms with Crippen LogP contribution < -0.4 is 10.2 Å². The van der Waals surface area contributed by atoms with Gasteiger partial charge in [-0.3, -0.25) is 4.79 Å². The van der Waals surface area contributed by atoms with Gasteiger partial charge in [0, 0.05) is 36.9 Å². The molecular weight excluding hydrogens is 453 g/mol. The van der Waals surface area contributed by atoms with Gasteiger partial charge in [-0.25, -0.2) is 9.37 Å². The van der Waals surface area contributed by atoms with Crippen LogP contribution in [0.3, 0.4) is 0 Å². The fraction of sp³-hybridized carbons (Fsp3) is 0.517. The summed E-state index contributed by atoms with van der Waals surface area (Å²) in [5.74, 6) is 0.937. The number of carbonyl (C=O) groups excluding carboxylic acids is 1. The summed E-state index contributed by atoms with van der Waals surface area (Å²) in [4.78, 5) is 22.1. The van der Waals surface area contributed by atoms with Crippen molar-refractivity contribution >= 4 is 22.6 Å². The van der Waals surface area contributed by atoms with E-state index in [0.29, 0.717) is 23.6 Å². The number of fused-ring (bicyclic) bond motifs is 3. The van der Waals surface area contributed by atoms with E-state index in [4.69, 9.17) is 0 Å². The smallest absolute Gasteiger partial charge is 0.226 e. The number of aromatic nitrogens is 2. The van der Waals surface area contributed by atoms with Gasteiger partial charge in [0.2, 0.25) is 5.91 Å². The predicted octanol–water partition coefficient (Wildman–Crippen LogP) is 4.99. The minimum absolute atomic E-state index is 0.0356. The van der Waals surface area contributed by atoms with Gasteiger partial charge in [-0.1, -0.05) is 25.1 Å². The van der Waals surface area contributed by atoms with E-state index in [-0.39, 0.29) is 23.7 Å². The van der Waals surface area contributed by atoms with Crippen molar-refractivity contribution in [1.82, 2.24) is 19.8 Å². The molecule has 3 aliphatic rings. The summed E-state index contributed by atoms with van der Waals surface area (Å²) in [5.41, 5.74) is 3.84. The molecule has 3 aromatic rings. The second-order valence-electron chi connectivity index (χ2n) is 11.0. The lowest BCUT2D eigenvalue weighted by atomic mass is 9.94. The first-order chi connectivity index (χ1) is 17.4. The van der Waals surface area contributed by atoms with Crippen LogP contribution in [0, 0.1) is 18.7 Å². The Hall–Kier alpha value is -2.93. The third kappa shape index (κ3) is 3.97. The Morgan fingerprint density at radius 3 is 2.53 bits per heavy atom. The lowest BCUT2D eigenvalue weighted by Crippen LogP contribution is -2.52. The summed E-state index contributed by atoms with van der Waals surface area (Å²) in [6.45, 7) is 5.83. The molecule has 2 bridgehead atoms. The number of hydrogen-bond donors (Lipinski definition) is 1. The number of likely N-dealkylation sites (tertiary alicyclic amines) is 1. The Bertz CT molecular complexity index is 1270. The molecule has 6 nitrogen and oxygen atoms in total. The van der Waals surface area contributed by atoms with Gasteiger partial charge in [-0.15, -0.1) is 0 Å². The number of imidazole rings is 1. The second-order valence-corrected chi connectivity index (χ2v) is 11.0. The highest BCUT2D eigenvalue weighted by atomic mass is 19.1. The van der Waals surface area contributed by atoms with Crippen molar-refractivity contribution in [1.29, 1.82) is 0 Å². The molecular formula is C29H36FN5O. The molecule has 6 rings (SSSR count). The molecule has 1 amide bonds. The zero-order valence-corrected chi connectivity index (χ0v) is 21.5. The van der Waals surface area contributed by atoms with Crippen LogP contribution in [-0.2, 0) is 4.79 Å². The Morgan fingerprint density at radius 1 is 1.11 bits per heavy atom. The molecule has 0 saturated carbocycles. The lowest BCUT2D eigenvalue weighted by Gasteiger charge is -2.42. The molecule has 7 heteroatoms. The Kier molecular flexibility index (Phi) is 5.98. The molecule has 4 heterocycles. The number of hydrogen-bond acceptors (Lipinski definition) is 4. The third-order valence-electron chi connectivity index (χ3n) is 8.65. The first-order valence-electron chi connectivity index (χ1n) is 13.4. The summed E-state index contributed by atoms with van der Waals surface area (Å²) in [7, 11) is 2.05. The quantitative estimate of drug-likeness (QED) is 0.530. The number of nitrogens with one attached hydrogen (secondary N) is 1. The average Bonchev–Trinajstić information content (AvgIpc) is 3.33. The molecule has 2 aromatic carbocycles. The first-order valence-corrected chi connectivity index (χ1v) is 13.4. The zero-order chi connectivity index (χ0) is 25.0. The summed E-state index contributed by atoms with van der Waals surface area (Å²) in [6.07, 6.45) is 5.29. The normalized spacial score (nSPS) is 25.2. The van der Waals surface area contributed by atoms with Gasteiger partial charge < -0.3 is 19.7 Å². The molecule has 190 valence electrons. The zero-order valence-electron chi connectivity index (χ0n) is 21.5. The van der Waals surface area contributed by atoms with Crippen molar-refractivity contribution in [2.24, 2.45) is 5.92 Å². The largest absolute Gasteiger partial charge is 0.365 e. The molecule has 3 fully saturated rings. The van der Waals surface area contributed by atoms with E-state index in [2.05, 4.69) is 62.9 Å². The topological polar surface area (TPSA) is 53.4 Å². The molecule has 0 unspecified atom stereocenters. The van der Waals surface area contributed by atoms with Crippen LogP contribution >= 0.6 is 0 Å². The maximum atomic E-state index is 14.4. The number of piperidine rings is 1. The SMILES string of the molecule is CC[C@H](NC(=O)C1CN(C)C1)c1cccc(N2[C@@H]3CC[C@H]2C[C@H](n2c(C)nc4c(F)cccc42)C3)c1.